The first-order valence-corrected chi connectivity index (χ1v) is 15.5. The van der Waals surface area contributed by atoms with E-state index in [1.54, 1.807) is 29.2 Å². The van der Waals surface area contributed by atoms with Crippen molar-refractivity contribution in [2.75, 3.05) is 39.5 Å². The Labute approximate surface area is 279 Å². The number of ether oxygens (including phenoxy) is 3. The normalized spacial score (nSPS) is 12.7. The highest BCUT2D eigenvalue weighted by molar-refractivity contribution is 6.44. The highest BCUT2D eigenvalue weighted by Crippen LogP contribution is 2.50. The van der Waals surface area contributed by atoms with E-state index < -0.39 is 11.7 Å². The molecule has 0 fully saturated rings. The minimum absolute atomic E-state index is 0.00370. The molecule has 0 aliphatic carbocycles. The van der Waals surface area contributed by atoms with Crippen LogP contribution < -0.4 is 10.1 Å². The van der Waals surface area contributed by atoms with Crippen LogP contribution in [0.3, 0.4) is 0 Å². The van der Waals surface area contributed by atoms with Gasteiger partial charge >= 0.3 is 6.18 Å². The molecule has 47 heavy (non-hydrogen) atoms. The number of carbonyl (C=O) groups excluding carboxylic acids is 1. The lowest BCUT2D eigenvalue weighted by Gasteiger charge is -2.23. The van der Waals surface area contributed by atoms with Crippen molar-refractivity contribution in [1.29, 1.82) is 10.8 Å². The predicted octanol–water partition coefficient (Wildman–Crippen LogP) is 8.39. The largest absolute Gasteiger partial charge is 0.455 e. The third-order valence-corrected chi connectivity index (χ3v) is 8.32. The fourth-order valence-electron chi connectivity index (χ4n) is 5.45. The first-order chi connectivity index (χ1) is 22.5. The molecular weight excluding hydrogens is 656 g/mol. The molecule has 1 aliphatic heterocycles. The van der Waals surface area contributed by atoms with Gasteiger partial charge < -0.3 is 24.4 Å². The Morgan fingerprint density at radius 1 is 0.872 bits per heavy atom. The van der Waals surface area contributed by atoms with E-state index in [-0.39, 0.29) is 66.8 Å². The topological polar surface area (TPSA) is 108 Å². The summed E-state index contributed by atoms with van der Waals surface area (Å²) in [6, 6.07) is 14.4. The summed E-state index contributed by atoms with van der Waals surface area (Å²) in [7, 11) is 0. The molecule has 0 saturated heterocycles. The zero-order valence-corrected chi connectivity index (χ0v) is 27.0. The third kappa shape index (κ3) is 7.08. The SMILES string of the molecule is CCOCCN(CCOCC)C(=O)c1cccc(Oc2c(Cl)c(Cl)cc3cc4c(c(-c5ccccc5C(F)(F)F)c23)C(=N)NC4=N)c1. The maximum atomic E-state index is 14.4. The monoisotopic (exact) mass is 686 g/mol. The van der Waals surface area contributed by atoms with Crippen molar-refractivity contribution in [1.82, 2.24) is 10.2 Å². The van der Waals surface area contributed by atoms with Gasteiger partial charge in [0.25, 0.3) is 5.91 Å². The second-order valence-electron chi connectivity index (χ2n) is 10.5. The summed E-state index contributed by atoms with van der Waals surface area (Å²) in [4.78, 5) is 15.2. The molecule has 1 aliphatic rings. The Kier molecular flexibility index (Phi) is 10.4. The van der Waals surface area contributed by atoms with E-state index in [1.165, 1.54) is 30.3 Å². The Bertz CT molecular complexity index is 1860. The molecular formula is C34H31Cl2F3N4O4. The number of alkyl halides is 3. The summed E-state index contributed by atoms with van der Waals surface area (Å²) >= 11 is 13.3. The van der Waals surface area contributed by atoms with E-state index in [4.69, 9.17) is 48.2 Å². The van der Waals surface area contributed by atoms with Gasteiger partial charge in [0.05, 0.1) is 23.8 Å². The number of rotatable bonds is 12. The fourth-order valence-corrected chi connectivity index (χ4v) is 5.84. The summed E-state index contributed by atoms with van der Waals surface area (Å²) in [5.41, 5.74) is -0.555. The lowest BCUT2D eigenvalue weighted by atomic mass is 9.87. The molecule has 8 nitrogen and oxygen atoms in total. The lowest BCUT2D eigenvalue weighted by Crippen LogP contribution is -2.36. The second kappa shape index (κ2) is 14.3. The maximum absolute atomic E-state index is 14.4. The van der Waals surface area contributed by atoms with Gasteiger partial charge in [-0.2, -0.15) is 13.2 Å². The molecule has 0 spiro atoms. The molecule has 1 heterocycles. The van der Waals surface area contributed by atoms with E-state index >= 15 is 0 Å². The van der Waals surface area contributed by atoms with E-state index in [1.807, 2.05) is 13.8 Å². The molecule has 0 radical (unpaired) electrons. The van der Waals surface area contributed by atoms with Gasteiger partial charge in [0.1, 0.15) is 22.4 Å². The quantitative estimate of drug-likeness (QED) is 0.130. The zero-order chi connectivity index (χ0) is 33.9. The van der Waals surface area contributed by atoms with Gasteiger partial charge in [-0.15, -0.1) is 0 Å². The molecule has 4 aromatic carbocycles. The number of amidine groups is 2. The average Bonchev–Trinajstić information content (AvgIpc) is 3.33. The van der Waals surface area contributed by atoms with Crippen LogP contribution in [0.1, 0.15) is 40.9 Å². The van der Waals surface area contributed by atoms with E-state index in [0.717, 1.165) is 6.07 Å². The van der Waals surface area contributed by atoms with Crippen LogP contribution >= 0.6 is 23.2 Å². The first-order valence-electron chi connectivity index (χ1n) is 14.8. The summed E-state index contributed by atoms with van der Waals surface area (Å²) < 4.78 is 60.4. The molecule has 3 N–H and O–H groups in total. The number of hydrogen-bond acceptors (Lipinski definition) is 6. The van der Waals surface area contributed by atoms with Crippen LogP contribution in [0.5, 0.6) is 11.5 Å². The van der Waals surface area contributed by atoms with Crippen LogP contribution in [0.4, 0.5) is 13.2 Å². The van der Waals surface area contributed by atoms with Crippen LogP contribution in [0.25, 0.3) is 21.9 Å². The standard InChI is InChI=1S/C34H31Cl2F3N4O4/c1-3-45-14-12-43(13-15-46-4-2)33(44)19-8-7-9-21(16-19)47-30-26-20(18-25(35)29(30)36)17-23-28(32(41)42-31(23)40)27(26)22-10-5-6-11-24(22)34(37,38)39/h5-11,16-18H,3-4,12-15H2,1-2H3,(H3,40,41,42). The smallest absolute Gasteiger partial charge is 0.417 e. The van der Waals surface area contributed by atoms with Gasteiger partial charge in [-0.1, -0.05) is 47.5 Å². The van der Waals surface area contributed by atoms with Crippen molar-refractivity contribution >= 4 is 51.6 Å². The number of halogens is 5. The van der Waals surface area contributed by atoms with Crippen LogP contribution in [-0.2, 0) is 15.7 Å². The van der Waals surface area contributed by atoms with Crippen LogP contribution in [0.2, 0.25) is 10.0 Å². The molecule has 0 atom stereocenters. The zero-order valence-electron chi connectivity index (χ0n) is 25.5. The van der Waals surface area contributed by atoms with Crippen molar-refractivity contribution in [2.45, 2.75) is 20.0 Å². The molecule has 5 rings (SSSR count). The van der Waals surface area contributed by atoms with Crippen LogP contribution in [-0.4, -0.2) is 62.0 Å². The summed E-state index contributed by atoms with van der Waals surface area (Å²) in [6.45, 7) is 6.06. The Hall–Kier alpha value is -4.16. The number of fused-ring (bicyclic) bond motifs is 2. The molecule has 1 amide bonds. The number of nitrogens with zero attached hydrogens (tertiary/aromatic N) is 1. The molecule has 4 aromatic rings. The molecule has 0 aromatic heterocycles. The number of hydrogen-bond donors (Lipinski definition) is 3. The van der Waals surface area contributed by atoms with E-state index in [2.05, 4.69) is 5.32 Å². The van der Waals surface area contributed by atoms with Gasteiger partial charge in [-0.25, -0.2) is 0 Å². The summed E-state index contributed by atoms with van der Waals surface area (Å²) in [6.07, 6.45) is -4.74. The summed E-state index contributed by atoms with van der Waals surface area (Å²) in [5, 5.41) is 20.1. The van der Waals surface area contributed by atoms with E-state index in [0.29, 0.717) is 50.5 Å². The number of nitrogens with one attached hydrogen (secondary N) is 3. The van der Waals surface area contributed by atoms with Crippen LogP contribution in [0, 0.1) is 10.8 Å². The molecule has 0 saturated carbocycles. The average molecular weight is 688 g/mol. The molecule has 13 heteroatoms. The van der Waals surface area contributed by atoms with Crippen molar-refractivity contribution in [3.8, 4) is 22.6 Å². The highest BCUT2D eigenvalue weighted by atomic mass is 35.5. The Morgan fingerprint density at radius 3 is 2.21 bits per heavy atom. The number of benzene rings is 4. The van der Waals surface area contributed by atoms with Crippen LogP contribution in [0.15, 0.2) is 60.7 Å². The van der Waals surface area contributed by atoms with Gasteiger partial charge in [-0.05, 0) is 61.2 Å². The minimum atomic E-state index is -4.74. The van der Waals surface area contributed by atoms with Gasteiger partial charge in [0, 0.05) is 53.9 Å². The lowest BCUT2D eigenvalue weighted by molar-refractivity contribution is -0.137. The van der Waals surface area contributed by atoms with Crippen molar-refractivity contribution < 1.29 is 32.2 Å². The van der Waals surface area contributed by atoms with Crippen molar-refractivity contribution in [3.05, 3.63) is 93.0 Å². The number of amides is 1. The predicted molar refractivity (Wildman–Crippen MR) is 177 cm³/mol. The van der Waals surface area contributed by atoms with Crippen molar-refractivity contribution in [2.24, 2.45) is 0 Å². The number of carbonyl (C=O) groups is 1. The minimum Gasteiger partial charge on any atom is -0.455 e. The fraction of sp³-hybridized carbons (Fsp3) is 0.265. The summed E-state index contributed by atoms with van der Waals surface area (Å²) in [5.74, 6) is -0.581. The van der Waals surface area contributed by atoms with Gasteiger partial charge in [0.2, 0.25) is 0 Å². The van der Waals surface area contributed by atoms with Crippen molar-refractivity contribution in [3.63, 3.8) is 0 Å². The van der Waals surface area contributed by atoms with Gasteiger partial charge in [0.15, 0.2) is 5.75 Å². The first kappa shape index (κ1) is 34.2. The molecule has 0 unspecified atom stereocenters. The highest BCUT2D eigenvalue weighted by Gasteiger charge is 2.37. The molecule has 246 valence electrons. The maximum Gasteiger partial charge on any atom is 0.417 e. The second-order valence-corrected chi connectivity index (χ2v) is 11.3. The Morgan fingerprint density at radius 2 is 1.55 bits per heavy atom. The Balaban J connectivity index is 1.67. The third-order valence-electron chi connectivity index (χ3n) is 7.55. The van der Waals surface area contributed by atoms with E-state index in [9.17, 15) is 18.0 Å². The molecule has 0 bridgehead atoms. The van der Waals surface area contributed by atoms with Gasteiger partial charge in [-0.3, -0.25) is 15.6 Å².